The average molecular weight is 406 g/mol. The van der Waals surface area contributed by atoms with Crippen molar-refractivity contribution in [3.05, 3.63) is 68.1 Å². The third-order valence-electron chi connectivity index (χ3n) is 2.99. The molecule has 1 atom stereocenters. The van der Waals surface area contributed by atoms with Crippen molar-refractivity contribution in [2.75, 3.05) is 0 Å². The summed E-state index contributed by atoms with van der Waals surface area (Å²) in [5.41, 5.74) is 4.08. The van der Waals surface area contributed by atoms with Gasteiger partial charge in [0.25, 0.3) is 0 Å². The number of hydrogen-bond acceptors (Lipinski definition) is 2. The zero-order valence-electron chi connectivity index (χ0n) is 10.3. The zero-order chi connectivity index (χ0) is 14.7. The zero-order valence-corrected chi connectivity index (χ0v) is 13.5. The molecule has 20 heavy (non-hydrogen) atoms. The molecule has 0 bridgehead atoms. The fourth-order valence-corrected chi connectivity index (χ4v) is 2.92. The molecule has 106 valence electrons. The monoisotopic (exact) mass is 404 g/mol. The van der Waals surface area contributed by atoms with Crippen molar-refractivity contribution in [1.82, 2.24) is 5.43 Å². The molecule has 0 spiro atoms. The Morgan fingerprint density at radius 2 is 1.90 bits per heavy atom. The molecule has 0 heterocycles. The van der Waals surface area contributed by atoms with Crippen LogP contribution in [0.2, 0.25) is 0 Å². The van der Waals surface area contributed by atoms with E-state index in [0.717, 1.165) is 10.0 Å². The summed E-state index contributed by atoms with van der Waals surface area (Å²) in [7, 11) is 0. The van der Waals surface area contributed by atoms with E-state index < -0.39 is 0 Å². The van der Waals surface area contributed by atoms with Crippen molar-refractivity contribution in [1.29, 1.82) is 0 Å². The first-order valence-electron chi connectivity index (χ1n) is 5.87. The lowest BCUT2D eigenvalue weighted by atomic mass is 9.99. The largest absolute Gasteiger partial charge is 0.271 e. The third kappa shape index (κ3) is 3.44. The molecule has 0 aromatic heterocycles. The lowest BCUT2D eigenvalue weighted by Gasteiger charge is -2.19. The van der Waals surface area contributed by atoms with Gasteiger partial charge in [0.15, 0.2) is 0 Å². The minimum absolute atomic E-state index is 0.335. The van der Waals surface area contributed by atoms with Crippen molar-refractivity contribution in [2.24, 2.45) is 5.84 Å². The summed E-state index contributed by atoms with van der Waals surface area (Å²) >= 11 is 6.58. The van der Waals surface area contributed by atoms with E-state index in [9.17, 15) is 8.78 Å². The van der Waals surface area contributed by atoms with E-state index in [4.69, 9.17) is 5.84 Å². The van der Waals surface area contributed by atoms with Crippen LogP contribution in [0.15, 0.2) is 45.3 Å². The first-order valence-corrected chi connectivity index (χ1v) is 7.45. The fourth-order valence-electron chi connectivity index (χ4n) is 1.97. The van der Waals surface area contributed by atoms with Crippen LogP contribution in [-0.4, -0.2) is 0 Å². The Balaban J connectivity index is 2.34. The van der Waals surface area contributed by atoms with Crippen molar-refractivity contribution in [2.45, 2.75) is 12.5 Å². The van der Waals surface area contributed by atoms with Crippen molar-refractivity contribution in [3.63, 3.8) is 0 Å². The van der Waals surface area contributed by atoms with Crippen LogP contribution in [0.3, 0.4) is 0 Å². The molecule has 0 radical (unpaired) electrons. The van der Waals surface area contributed by atoms with Gasteiger partial charge in [-0.05, 0) is 57.7 Å². The summed E-state index contributed by atoms with van der Waals surface area (Å²) in [4.78, 5) is 0. The number of nitrogens with two attached hydrogens (primary N) is 1. The Morgan fingerprint density at radius 3 is 2.60 bits per heavy atom. The van der Waals surface area contributed by atoms with Crippen LogP contribution in [0.5, 0.6) is 0 Å². The highest BCUT2D eigenvalue weighted by Crippen LogP contribution is 2.29. The smallest absolute Gasteiger partial charge is 0.137 e. The molecule has 0 aliphatic rings. The molecule has 2 rings (SSSR count). The first-order chi connectivity index (χ1) is 9.52. The van der Waals surface area contributed by atoms with Crippen LogP contribution < -0.4 is 11.3 Å². The number of hydrazine groups is 1. The van der Waals surface area contributed by atoms with Gasteiger partial charge in [-0.3, -0.25) is 11.3 Å². The van der Waals surface area contributed by atoms with Gasteiger partial charge in [0.1, 0.15) is 11.6 Å². The summed E-state index contributed by atoms with van der Waals surface area (Å²) in [5, 5.41) is 0. The third-order valence-corrected chi connectivity index (χ3v) is 4.60. The van der Waals surface area contributed by atoms with Gasteiger partial charge in [-0.1, -0.05) is 28.1 Å². The lowest BCUT2D eigenvalue weighted by Crippen LogP contribution is -2.30. The number of hydrogen-bond donors (Lipinski definition) is 2. The number of halogens is 4. The molecule has 0 fully saturated rings. The maximum atomic E-state index is 13.5. The molecular formula is C14H12Br2F2N2. The standard InChI is InChI=1S/C14H12Br2F2N2/c15-11-5-4-9(17)7-10(11)13(20-19)6-8-2-1-3-12(18)14(8)16/h1-5,7,13,20H,6,19H2. The van der Waals surface area contributed by atoms with Crippen LogP contribution in [-0.2, 0) is 6.42 Å². The molecule has 0 aliphatic carbocycles. The Kier molecular flexibility index (Phi) is 5.26. The Morgan fingerprint density at radius 1 is 1.15 bits per heavy atom. The van der Waals surface area contributed by atoms with E-state index in [-0.39, 0.29) is 17.7 Å². The maximum Gasteiger partial charge on any atom is 0.137 e. The number of rotatable bonds is 4. The van der Waals surface area contributed by atoms with Gasteiger partial charge < -0.3 is 0 Å². The maximum absolute atomic E-state index is 13.5. The second kappa shape index (κ2) is 6.76. The molecule has 2 aromatic rings. The van der Waals surface area contributed by atoms with E-state index >= 15 is 0 Å². The van der Waals surface area contributed by atoms with Gasteiger partial charge in [-0.25, -0.2) is 8.78 Å². The fraction of sp³-hybridized carbons (Fsp3) is 0.143. The van der Waals surface area contributed by atoms with Gasteiger partial charge in [0, 0.05) is 4.47 Å². The van der Waals surface area contributed by atoms with Gasteiger partial charge >= 0.3 is 0 Å². The summed E-state index contributed by atoms with van der Waals surface area (Å²) < 4.78 is 28.0. The van der Waals surface area contributed by atoms with Crippen molar-refractivity contribution >= 4 is 31.9 Å². The van der Waals surface area contributed by atoms with E-state index in [2.05, 4.69) is 37.3 Å². The van der Waals surface area contributed by atoms with E-state index in [1.165, 1.54) is 18.2 Å². The van der Waals surface area contributed by atoms with Gasteiger partial charge in [-0.15, -0.1) is 0 Å². The second-order valence-corrected chi connectivity index (χ2v) is 5.95. The van der Waals surface area contributed by atoms with Crippen LogP contribution in [0.1, 0.15) is 17.2 Å². The Hall–Kier alpha value is -0.820. The summed E-state index contributed by atoms with van der Waals surface area (Å²) in [6, 6.07) is 8.85. The summed E-state index contributed by atoms with van der Waals surface area (Å²) in [6.45, 7) is 0. The SMILES string of the molecule is NNC(Cc1cccc(F)c1Br)c1cc(F)ccc1Br. The number of benzene rings is 2. The highest BCUT2D eigenvalue weighted by atomic mass is 79.9. The van der Waals surface area contributed by atoms with Crippen LogP contribution in [0, 0.1) is 11.6 Å². The van der Waals surface area contributed by atoms with E-state index in [1.54, 1.807) is 18.2 Å². The normalized spacial score (nSPS) is 12.4. The predicted octanol–water partition coefficient (Wildman–Crippen LogP) is 4.24. The molecule has 3 N–H and O–H groups in total. The molecule has 0 amide bonds. The van der Waals surface area contributed by atoms with Crippen molar-refractivity contribution < 1.29 is 8.78 Å². The Bertz CT molecular complexity index is 620. The minimum Gasteiger partial charge on any atom is -0.271 e. The second-order valence-electron chi connectivity index (χ2n) is 4.30. The summed E-state index contributed by atoms with van der Waals surface area (Å²) in [5.74, 6) is 4.88. The van der Waals surface area contributed by atoms with Crippen LogP contribution in [0.4, 0.5) is 8.78 Å². The van der Waals surface area contributed by atoms with Gasteiger partial charge in [-0.2, -0.15) is 0 Å². The molecular weight excluding hydrogens is 394 g/mol. The molecule has 2 aromatic carbocycles. The Labute approximate surface area is 132 Å². The first kappa shape index (κ1) is 15.6. The molecule has 0 aliphatic heterocycles. The highest BCUT2D eigenvalue weighted by molar-refractivity contribution is 9.10. The molecule has 0 saturated heterocycles. The molecule has 2 nitrogen and oxygen atoms in total. The topological polar surface area (TPSA) is 38.0 Å². The highest BCUT2D eigenvalue weighted by Gasteiger charge is 2.17. The van der Waals surface area contributed by atoms with E-state index in [1.807, 2.05) is 0 Å². The molecule has 1 unspecified atom stereocenters. The van der Waals surface area contributed by atoms with Gasteiger partial charge in [0.2, 0.25) is 0 Å². The van der Waals surface area contributed by atoms with Crippen LogP contribution in [0.25, 0.3) is 0 Å². The van der Waals surface area contributed by atoms with Gasteiger partial charge in [0.05, 0.1) is 10.5 Å². The minimum atomic E-state index is -0.346. The lowest BCUT2D eigenvalue weighted by molar-refractivity contribution is 0.538. The van der Waals surface area contributed by atoms with Crippen LogP contribution >= 0.6 is 31.9 Å². The quantitative estimate of drug-likeness (QED) is 0.589. The molecule has 6 heteroatoms. The average Bonchev–Trinajstić information content (AvgIpc) is 2.43. The molecule has 0 saturated carbocycles. The van der Waals surface area contributed by atoms with E-state index in [0.29, 0.717) is 16.5 Å². The predicted molar refractivity (Wildman–Crippen MR) is 82.0 cm³/mol. The van der Waals surface area contributed by atoms with Crippen molar-refractivity contribution in [3.8, 4) is 0 Å². The number of nitrogens with one attached hydrogen (secondary N) is 1. The summed E-state index contributed by atoms with van der Waals surface area (Å²) in [6.07, 6.45) is 0.427.